The standard InChI is InChI=1S/C22H25N3O3/c1-16(18-7-5-4-6-8-18)25-15-19(14-23)22(26)24-12-11-17-9-10-20(27-2)21(13-17)28-3/h4-10,13,15-16,25H,11-12H2,1-3H3,(H,24,26)/b19-15-. The van der Waals surface area contributed by atoms with Crippen LogP contribution in [-0.4, -0.2) is 26.7 Å². The monoisotopic (exact) mass is 379 g/mol. The third kappa shape index (κ3) is 5.78. The van der Waals surface area contributed by atoms with Crippen LogP contribution in [0, 0.1) is 11.3 Å². The second-order valence-electron chi connectivity index (χ2n) is 6.16. The van der Waals surface area contributed by atoms with Crippen LogP contribution in [0.5, 0.6) is 11.5 Å². The molecule has 0 saturated carbocycles. The molecular weight excluding hydrogens is 354 g/mol. The molecule has 0 aromatic heterocycles. The summed E-state index contributed by atoms with van der Waals surface area (Å²) in [6, 6.07) is 17.4. The van der Waals surface area contributed by atoms with Crippen LogP contribution in [0.2, 0.25) is 0 Å². The lowest BCUT2D eigenvalue weighted by atomic mass is 10.1. The predicted octanol–water partition coefficient (Wildman–Crippen LogP) is 3.12. The first kappa shape index (κ1) is 20.8. The minimum atomic E-state index is -0.407. The summed E-state index contributed by atoms with van der Waals surface area (Å²) in [4.78, 5) is 12.3. The Kier molecular flexibility index (Phi) is 7.92. The highest BCUT2D eigenvalue weighted by atomic mass is 16.5. The van der Waals surface area contributed by atoms with Gasteiger partial charge in [0.25, 0.3) is 5.91 Å². The van der Waals surface area contributed by atoms with Crippen LogP contribution < -0.4 is 20.1 Å². The minimum Gasteiger partial charge on any atom is -0.493 e. The molecular formula is C22H25N3O3. The van der Waals surface area contributed by atoms with Gasteiger partial charge in [0.2, 0.25) is 0 Å². The Morgan fingerprint density at radius 1 is 1.14 bits per heavy atom. The van der Waals surface area contributed by atoms with E-state index in [4.69, 9.17) is 9.47 Å². The second-order valence-corrected chi connectivity index (χ2v) is 6.16. The summed E-state index contributed by atoms with van der Waals surface area (Å²) in [7, 11) is 3.16. The van der Waals surface area contributed by atoms with Gasteiger partial charge < -0.3 is 20.1 Å². The van der Waals surface area contributed by atoms with Crippen molar-refractivity contribution in [1.29, 1.82) is 5.26 Å². The lowest BCUT2D eigenvalue weighted by molar-refractivity contribution is -0.117. The zero-order valence-corrected chi connectivity index (χ0v) is 16.4. The Morgan fingerprint density at radius 2 is 1.86 bits per heavy atom. The van der Waals surface area contributed by atoms with Crippen molar-refractivity contribution in [3.63, 3.8) is 0 Å². The summed E-state index contributed by atoms with van der Waals surface area (Å²) in [5.74, 6) is 0.891. The molecule has 0 bridgehead atoms. The highest BCUT2D eigenvalue weighted by molar-refractivity contribution is 5.97. The fourth-order valence-corrected chi connectivity index (χ4v) is 2.65. The summed E-state index contributed by atoms with van der Waals surface area (Å²) in [6.07, 6.45) is 2.07. The van der Waals surface area contributed by atoms with E-state index >= 15 is 0 Å². The van der Waals surface area contributed by atoms with Crippen LogP contribution in [0.15, 0.2) is 60.3 Å². The number of ether oxygens (including phenoxy) is 2. The van der Waals surface area contributed by atoms with E-state index in [9.17, 15) is 10.1 Å². The maximum Gasteiger partial charge on any atom is 0.263 e. The van der Waals surface area contributed by atoms with E-state index in [0.29, 0.717) is 24.5 Å². The van der Waals surface area contributed by atoms with Crippen molar-refractivity contribution >= 4 is 5.91 Å². The van der Waals surface area contributed by atoms with Gasteiger partial charge in [0.15, 0.2) is 11.5 Å². The normalized spacial score (nSPS) is 11.9. The number of hydrogen-bond acceptors (Lipinski definition) is 5. The molecule has 6 heteroatoms. The average molecular weight is 379 g/mol. The van der Waals surface area contributed by atoms with Gasteiger partial charge >= 0.3 is 0 Å². The Hall–Kier alpha value is -3.46. The molecule has 6 nitrogen and oxygen atoms in total. The highest BCUT2D eigenvalue weighted by Crippen LogP contribution is 2.27. The first-order chi connectivity index (χ1) is 13.6. The number of carbonyl (C=O) groups is 1. The predicted molar refractivity (Wildman–Crippen MR) is 108 cm³/mol. The molecule has 0 radical (unpaired) electrons. The second kappa shape index (κ2) is 10.6. The van der Waals surface area contributed by atoms with Crippen molar-refractivity contribution in [3.05, 3.63) is 71.4 Å². The van der Waals surface area contributed by atoms with E-state index in [-0.39, 0.29) is 11.6 Å². The van der Waals surface area contributed by atoms with E-state index in [1.807, 2.05) is 61.5 Å². The molecule has 2 aromatic carbocycles. The maximum absolute atomic E-state index is 12.3. The largest absolute Gasteiger partial charge is 0.493 e. The van der Waals surface area contributed by atoms with Gasteiger partial charge in [0, 0.05) is 18.8 Å². The van der Waals surface area contributed by atoms with Crippen molar-refractivity contribution in [2.75, 3.05) is 20.8 Å². The molecule has 1 unspecified atom stereocenters. The van der Waals surface area contributed by atoms with E-state index in [1.165, 1.54) is 6.20 Å². The lowest BCUT2D eigenvalue weighted by Gasteiger charge is -2.13. The molecule has 2 aromatic rings. The molecule has 146 valence electrons. The highest BCUT2D eigenvalue weighted by Gasteiger charge is 2.10. The summed E-state index contributed by atoms with van der Waals surface area (Å²) in [6.45, 7) is 2.37. The number of rotatable bonds is 9. The molecule has 0 aliphatic heterocycles. The van der Waals surface area contributed by atoms with Crippen molar-refractivity contribution in [2.45, 2.75) is 19.4 Å². The quantitative estimate of drug-likeness (QED) is 0.517. The molecule has 2 rings (SSSR count). The Labute approximate surface area is 165 Å². The van der Waals surface area contributed by atoms with Gasteiger partial charge in [0.05, 0.1) is 14.2 Å². The van der Waals surface area contributed by atoms with Gasteiger partial charge in [-0.1, -0.05) is 36.4 Å². The zero-order chi connectivity index (χ0) is 20.4. The Balaban J connectivity index is 1.89. The van der Waals surface area contributed by atoms with Crippen molar-refractivity contribution in [3.8, 4) is 17.6 Å². The number of methoxy groups -OCH3 is 2. The van der Waals surface area contributed by atoms with Crippen molar-refractivity contribution in [1.82, 2.24) is 10.6 Å². The van der Waals surface area contributed by atoms with E-state index in [0.717, 1.165) is 11.1 Å². The topological polar surface area (TPSA) is 83.4 Å². The lowest BCUT2D eigenvalue weighted by Crippen LogP contribution is -2.28. The number of nitrogens with one attached hydrogen (secondary N) is 2. The summed E-state index contributed by atoms with van der Waals surface area (Å²) in [5.41, 5.74) is 2.11. The molecule has 1 atom stereocenters. The number of nitriles is 1. The first-order valence-corrected chi connectivity index (χ1v) is 8.99. The van der Waals surface area contributed by atoms with Gasteiger partial charge in [-0.05, 0) is 36.6 Å². The molecule has 0 spiro atoms. The van der Waals surface area contributed by atoms with Gasteiger partial charge in [-0.2, -0.15) is 5.26 Å². The summed E-state index contributed by atoms with van der Waals surface area (Å²) < 4.78 is 10.5. The molecule has 0 fully saturated rings. The van der Waals surface area contributed by atoms with Crippen molar-refractivity contribution < 1.29 is 14.3 Å². The smallest absolute Gasteiger partial charge is 0.263 e. The molecule has 0 aliphatic rings. The first-order valence-electron chi connectivity index (χ1n) is 8.99. The van der Waals surface area contributed by atoms with E-state index < -0.39 is 5.91 Å². The van der Waals surface area contributed by atoms with Crippen LogP contribution >= 0.6 is 0 Å². The minimum absolute atomic E-state index is 0.0101. The van der Waals surface area contributed by atoms with Gasteiger partial charge in [-0.3, -0.25) is 4.79 Å². The zero-order valence-electron chi connectivity index (χ0n) is 16.4. The Bertz CT molecular complexity index is 857. The average Bonchev–Trinajstić information content (AvgIpc) is 2.74. The SMILES string of the molecule is COc1ccc(CCNC(=O)/C(C#N)=C\NC(C)c2ccccc2)cc1OC. The molecule has 0 aliphatic carbocycles. The van der Waals surface area contributed by atoms with Crippen LogP contribution in [0.3, 0.4) is 0 Å². The number of amides is 1. The number of carbonyl (C=O) groups excluding carboxylic acids is 1. The summed E-state index contributed by atoms with van der Waals surface area (Å²) >= 11 is 0. The molecule has 0 saturated heterocycles. The fraction of sp³-hybridized carbons (Fsp3) is 0.273. The molecule has 0 heterocycles. The van der Waals surface area contributed by atoms with Crippen LogP contribution in [-0.2, 0) is 11.2 Å². The number of hydrogen-bond donors (Lipinski definition) is 2. The maximum atomic E-state index is 12.3. The molecule has 1 amide bonds. The third-order valence-electron chi connectivity index (χ3n) is 4.29. The third-order valence-corrected chi connectivity index (χ3v) is 4.29. The molecule has 28 heavy (non-hydrogen) atoms. The molecule has 2 N–H and O–H groups in total. The summed E-state index contributed by atoms with van der Waals surface area (Å²) in [5, 5.41) is 15.1. The van der Waals surface area contributed by atoms with Crippen LogP contribution in [0.25, 0.3) is 0 Å². The van der Waals surface area contributed by atoms with Crippen LogP contribution in [0.4, 0.5) is 0 Å². The van der Waals surface area contributed by atoms with Crippen LogP contribution in [0.1, 0.15) is 24.1 Å². The van der Waals surface area contributed by atoms with E-state index in [2.05, 4.69) is 10.6 Å². The number of benzene rings is 2. The fourth-order valence-electron chi connectivity index (χ4n) is 2.65. The van der Waals surface area contributed by atoms with Gasteiger partial charge in [0.1, 0.15) is 11.6 Å². The van der Waals surface area contributed by atoms with Gasteiger partial charge in [-0.15, -0.1) is 0 Å². The Morgan fingerprint density at radius 3 is 2.50 bits per heavy atom. The van der Waals surface area contributed by atoms with Crippen molar-refractivity contribution in [2.24, 2.45) is 0 Å². The van der Waals surface area contributed by atoms with Gasteiger partial charge in [-0.25, -0.2) is 0 Å². The van der Waals surface area contributed by atoms with E-state index in [1.54, 1.807) is 14.2 Å². The number of nitrogens with zero attached hydrogens (tertiary/aromatic N) is 1.